The SMILES string of the molecule is COc1cc(C(=O)N2CCNC(C)C2C)ccc1C.Cl. The molecule has 20 heavy (non-hydrogen) atoms. The van der Waals surface area contributed by atoms with E-state index in [9.17, 15) is 4.79 Å². The summed E-state index contributed by atoms with van der Waals surface area (Å²) in [5, 5.41) is 3.38. The number of amides is 1. The van der Waals surface area contributed by atoms with E-state index >= 15 is 0 Å². The maximum absolute atomic E-state index is 12.6. The van der Waals surface area contributed by atoms with Crippen LogP contribution in [0.1, 0.15) is 29.8 Å². The summed E-state index contributed by atoms with van der Waals surface area (Å²) in [4.78, 5) is 14.5. The van der Waals surface area contributed by atoms with Gasteiger partial charge in [-0.05, 0) is 38.5 Å². The third kappa shape index (κ3) is 3.25. The Morgan fingerprint density at radius 2 is 2.10 bits per heavy atom. The van der Waals surface area contributed by atoms with Gasteiger partial charge < -0.3 is 15.0 Å². The Bertz CT molecular complexity index is 479. The molecule has 1 fully saturated rings. The van der Waals surface area contributed by atoms with Gasteiger partial charge in [-0.1, -0.05) is 6.07 Å². The van der Waals surface area contributed by atoms with Gasteiger partial charge in [0.1, 0.15) is 5.75 Å². The molecule has 1 saturated heterocycles. The molecule has 1 aliphatic rings. The molecule has 1 aromatic rings. The molecule has 4 nitrogen and oxygen atoms in total. The minimum absolute atomic E-state index is 0. The van der Waals surface area contributed by atoms with Crippen LogP contribution >= 0.6 is 12.4 Å². The van der Waals surface area contributed by atoms with Crippen LogP contribution in [0.5, 0.6) is 5.75 Å². The first kappa shape index (κ1) is 16.8. The lowest BCUT2D eigenvalue weighted by molar-refractivity contribution is 0.0602. The summed E-state index contributed by atoms with van der Waals surface area (Å²) in [6.45, 7) is 7.77. The third-order valence-electron chi connectivity index (χ3n) is 3.95. The molecular weight excluding hydrogens is 276 g/mol. The number of nitrogens with one attached hydrogen (secondary N) is 1. The highest BCUT2D eigenvalue weighted by atomic mass is 35.5. The van der Waals surface area contributed by atoms with Crippen LogP contribution in [0.25, 0.3) is 0 Å². The Morgan fingerprint density at radius 3 is 2.75 bits per heavy atom. The van der Waals surface area contributed by atoms with Crippen molar-refractivity contribution in [3.8, 4) is 5.75 Å². The molecule has 2 atom stereocenters. The topological polar surface area (TPSA) is 41.6 Å². The Balaban J connectivity index is 0.00000200. The van der Waals surface area contributed by atoms with Crippen LogP contribution in [0.15, 0.2) is 18.2 Å². The van der Waals surface area contributed by atoms with E-state index in [-0.39, 0.29) is 24.4 Å². The number of carbonyl (C=O) groups excluding carboxylic acids is 1. The first-order valence-electron chi connectivity index (χ1n) is 6.73. The maximum Gasteiger partial charge on any atom is 0.254 e. The highest BCUT2D eigenvalue weighted by molar-refractivity contribution is 5.95. The number of nitrogens with zero attached hydrogens (tertiary/aromatic N) is 1. The molecule has 5 heteroatoms. The van der Waals surface area contributed by atoms with Gasteiger partial charge in [-0.3, -0.25) is 4.79 Å². The molecule has 1 amide bonds. The molecule has 1 N–H and O–H groups in total. The molecule has 112 valence electrons. The van der Waals surface area contributed by atoms with Gasteiger partial charge in [0.2, 0.25) is 0 Å². The average molecular weight is 299 g/mol. The van der Waals surface area contributed by atoms with Crippen molar-refractivity contribution in [2.24, 2.45) is 0 Å². The maximum atomic E-state index is 12.6. The highest BCUT2D eigenvalue weighted by Crippen LogP contribution is 2.21. The van der Waals surface area contributed by atoms with E-state index < -0.39 is 0 Å². The van der Waals surface area contributed by atoms with Crippen molar-refractivity contribution in [3.63, 3.8) is 0 Å². The second-order valence-electron chi connectivity index (χ2n) is 5.17. The first-order valence-corrected chi connectivity index (χ1v) is 6.73. The summed E-state index contributed by atoms with van der Waals surface area (Å²) in [5.74, 6) is 0.848. The standard InChI is InChI=1S/C15H22N2O2.ClH/c1-10-5-6-13(9-14(10)19-4)15(18)17-8-7-16-11(2)12(17)3;/h5-6,9,11-12,16H,7-8H2,1-4H3;1H. The van der Waals surface area contributed by atoms with Crippen molar-refractivity contribution in [1.82, 2.24) is 10.2 Å². The summed E-state index contributed by atoms with van der Waals surface area (Å²) in [6.07, 6.45) is 0. The van der Waals surface area contributed by atoms with Crippen molar-refractivity contribution in [2.45, 2.75) is 32.9 Å². The zero-order chi connectivity index (χ0) is 14.0. The Hall–Kier alpha value is -1.26. The first-order chi connectivity index (χ1) is 9.04. The van der Waals surface area contributed by atoms with Crippen molar-refractivity contribution in [3.05, 3.63) is 29.3 Å². The Kier molecular flexibility index (Phi) is 5.84. The van der Waals surface area contributed by atoms with Crippen LogP contribution in [0.2, 0.25) is 0 Å². The van der Waals surface area contributed by atoms with Crippen LogP contribution in [0.3, 0.4) is 0 Å². The van der Waals surface area contributed by atoms with Gasteiger partial charge in [0.05, 0.1) is 7.11 Å². The molecule has 0 spiro atoms. The Morgan fingerprint density at radius 1 is 1.40 bits per heavy atom. The minimum atomic E-state index is 0. The molecule has 1 aromatic carbocycles. The van der Waals surface area contributed by atoms with E-state index in [1.165, 1.54) is 0 Å². The third-order valence-corrected chi connectivity index (χ3v) is 3.95. The summed E-state index contributed by atoms with van der Waals surface area (Å²) < 4.78 is 5.29. The van der Waals surface area contributed by atoms with Crippen LogP contribution in [-0.4, -0.2) is 43.1 Å². The van der Waals surface area contributed by atoms with Gasteiger partial charge >= 0.3 is 0 Å². The van der Waals surface area contributed by atoms with Gasteiger partial charge in [-0.2, -0.15) is 0 Å². The van der Waals surface area contributed by atoms with Gasteiger partial charge in [-0.25, -0.2) is 0 Å². The molecule has 0 aliphatic carbocycles. The van der Waals surface area contributed by atoms with Crippen molar-refractivity contribution >= 4 is 18.3 Å². The van der Waals surface area contributed by atoms with Crippen molar-refractivity contribution in [2.75, 3.05) is 20.2 Å². The number of halogens is 1. The van der Waals surface area contributed by atoms with Crippen molar-refractivity contribution < 1.29 is 9.53 Å². The molecule has 2 unspecified atom stereocenters. The molecule has 2 rings (SSSR count). The van der Waals surface area contributed by atoms with E-state index in [1.807, 2.05) is 30.0 Å². The Labute approximate surface area is 126 Å². The average Bonchev–Trinajstić information content (AvgIpc) is 2.41. The molecule has 0 radical (unpaired) electrons. The second kappa shape index (κ2) is 6.95. The van der Waals surface area contributed by atoms with Crippen LogP contribution in [0.4, 0.5) is 0 Å². The second-order valence-corrected chi connectivity index (χ2v) is 5.17. The van der Waals surface area contributed by atoms with E-state index in [1.54, 1.807) is 7.11 Å². The number of hydrogen-bond donors (Lipinski definition) is 1. The van der Waals surface area contributed by atoms with Gasteiger partial charge in [0.15, 0.2) is 0 Å². The molecule has 1 heterocycles. The number of benzene rings is 1. The number of piperazine rings is 1. The van der Waals surface area contributed by atoms with E-state index in [2.05, 4.69) is 19.2 Å². The minimum Gasteiger partial charge on any atom is -0.496 e. The van der Waals surface area contributed by atoms with E-state index in [4.69, 9.17) is 4.74 Å². The van der Waals surface area contributed by atoms with Crippen molar-refractivity contribution in [1.29, 1.82) is 0 Å². The zero-order valence-electron chi connectivity index (χ0n) is 12.5. The molecular formula is C15H23ClN2O2. The number of hydrogen-bond acceptors (Lipinski definition) is 3. The van der Waals surface area contributed by atoms with E-state index in [0.29, 0.717) is 11.6 Å². The molecule has 0 saturated carbocycles. The normalized spacial score (nSPS) is 22.1. The summed E-state index contributed by atoms with van der Waals surface area (Å²) >= 11 is 0. The fourth-order valence-electron chi connectivity index (χ4n) is 2.46. The zero-order valence-corrected chi connectivity index (χ0v) is 13.3. The molecule has 0 bridgehead atoms. The summed E-state index contributed by atoms with van der Waals surface area (Å²) in [7, 11) is 1.63. The van der Waals surface area contributed by atoms with Crippen LogP contribution in [0, 0.1) is 6.92 Å². The largest absolute Gasteiger partial charge is 0.496 e. The number of ether oxygens (including phenoxy) is 1. The monoisotopic (exact) mass is 298 g/mol. The predicted molar refractivity (Wildman–Crippen MR) is 82.9 cm³/mol. The summed E-state index contributed by atoms with van der Waals surface area (Å²) in [6, 6.07) is 6.16. The van der Waals surface area contributed by atoms with Crippen LogP contribution in [-0.2, 0) is 0 Å². The molecule has 0 aromatic heterocycles. The fraction of sp³-hybridized carbons (Fsp3) is 0.533. The predicted octanol–water partition coefficient (Wildman–Crippen LogP) is 2.25. The number of rotatable bonds is 2. The molecule has 1 aliphatic heterocycles. The van der Waals surface area contributed by atoms with Gasteiger partial charge in [0.25, 0.3) is 5.91 Å². The van der Waals surface area contributed by atoms with Crippen LogP contribution < -0.4 is 10.1 Å². The summed E-state index contributed by atoms with van der Waals surface area (Å²) in [5.41, 5.74) is 1.74. The number of carbonyl (C=O) groups is 1. The smallest absolute Gasteiger partial charge is 0.254 e. The fourth-order valence-corrected chi connectivity index (χ4v) is 2.46. The van der Waals surface area contributed by atoms with E-state index in [0.717, 1.165) is 24.4 Å². The lowest BCUT2D eigenvalue weighted by Crippen LogP contribution is -2.57. The van der Waals surface area contributed by atoms with Gasteiger partial charge in [-0.15, -0.1) is 12.4 Å². The number of aryl methyl sites for hydroxylation is 1. The quantitative estimate of drug-likeness (QED) is 0.910. The van der Waals surface area contributed by atoms with Gasteiger partial charge in [0, 0.05) is 30.7 Å². The highest BCUT2D eigenvalue weighted by Gasteiger charge is 2.28. The lowest BCUT2D eigenvalue weighted by atomic mass is 10.0. The lowest BCUT2D eigenvalue weighted by Gasteiger charge is -2.38. The number of methoxy groups -OCH3 is 1.